The van der Waals surface area contributed by atoms with Crippen LogP contribution in [-0.2, 0) is 18.8 Å². The predicted octanol–water partition coefficient (Wildman–Crippen LogP) is 7.67. The molecule has 1 aromatic carbocycles. The Morgan fingerprint density at radius 1 is 1.14 bits per heavy atom. The molecule has 1 fully saturated rings. The molecule has 1 saturated carbocycles. The number of ether oxygens (including phenoxy) is 1. The smallest absolute Gasteiger partial charge is 0.306 e. The van der Waals surface area contributed by atoms with Crippen molar-refractivity contribution in [1.82, 2.24) is 0 Å². The van der Waals surface area contributed by atoms with E-state index in [0.717, 1.165) is 18.4 Å². The first-order valence-electron chi connectivity index (χ1n) is 13.1. The highest BCUT2D eigenvalue weighted by Crippen LogP contribution is 2.43. The van der Waals surface area contributed by atoms with Gasteiger partial charge in [0.2, 0.25) is 0 Å². The third-order valence-electron chi connectivity index (χ3n) is 7.23. The van der Waals surface area contributed by atoms with Gasteiger partial charge in [0.15, 0.2) is 8.32 Å². The van der Waals surface area contributed by atoms with Crippen LogP contribution in [0.15, 0.2) is 42.5 Å². The number of allylic oxidation sites excluding steroid dienone is 2. The topological polar surface area (TPSA) is 52.6 Å². The van der Waals surface area contributed by atoms with Crippen molar-refractivity contribution in [3.8, 4) is 0 Å². The quantitative estimate of drug-likeness (QED) is 0.136. The van der Waals surface area contributed by atoms with Crippen LogP contribution >= 0.6 is 0 Å². The fourth-order valence-electron chi connectivity index (χ4n) is 4.13. The van der Waals surface area contributed by atoms with E-state index in [1.807, 2.05) is 13.8 Å². The molecule has 1 aromatic rings. The predicted molar refractivity (Wildman–Crippen MR) is 148 cm³/mol. The van der Waals surface area contributed by atoms with Crippen LogP contribution in [0.25, 0.3) is 6.08 Å². The number of esters is 1. The molecule has 0 N–H and O–H groups in total. The van der Waals surface area contributed by atoms with Crippen molar-refractivity contribution in [2.75, 3.05) is 0 Å². The lowest BCUT2D eigenvalue weighted by atomic mass is 9.90. The van der Waals surface area contributed by atoms with Crippen molar-refractivity contribution >= 4 is 26.1 Å². The molecule has 0 radical (unpaired) electrons. The van der Waals surface area contributed by atoms with Crippen LogP contribution in [0, 0.1) is 18.8 Å². The van der Waals surface area contributed by atoms with Crippen LogP contribution in [0.4, 0.5) is 0 Å². The third-order valence-corrected chi connectivity index (χ3v) is 11.7. The Bertz CT molecular complexity index is 890. The lowest BCUT2D eigenvalue weighted by Crippen LogP contribution is -2.45. The largest absolute Gasteiger partial charge is 0.463 e. The number of carbonyl (C=O) groups excluding carboxylic acids is 2. The second-order valence-corrected chi connectivity index (χ2v) is 16.4. The third kappa shape index (κ3) is 9.19. The molecule has 0 bridgehead atoms. The Hall–Kier alpha value is -1.98. The minimum atomic E-state index is -2.01. The van der Waals surface area contributed by atoms with Gasteiger partial charge in [-0.15, -0.1) is 0 Å². The summed E-state index contributed by atoms with van der Waals surface area (Å²) < 4.78 is 12.0. The molecule has 1 unspecified atom stereocenters. The second kappa shape index (κ2) is 12.8. The molecule has 35 heavy (non-hydrogen) atoms. The van der Waals surface area contributed by atoms with Crippen molar-refractivity contribution in [2.45, 2.75) is 104 Å². The highest BCUT2D eigenvalue weighted by molar-refractivity contribution is 6.74. The number of unbranched alkanes of at least 4 members (excludes halogenated alkanes) is 1. The molecule has 4 nitrogen and oxygen atoms in total. The first kappa shape index (κ1) is 29.2. The fourth-order valence-corrected chi connectivity index (χ4v) is 5.48. The number of Topliss-reactive ketones (excluding diaryl/α,β-unsaturated/α-hetero) is 1. The SMILES string of the molecule is Cc1ccc(C=C[C@@H]2C(C/C=C\CCCC(=O)OC(C)C)C(=O)C[C@H]2O[Si](C)(C)C(C)(C)C)cc1. The van der Waals surface area contributed by atoms with Crippen LogP contribution in [-0.4, -0.2) is 32.3 Å². The molecule has 0 aromatic heterocycles. The maximum Gasteiger partial charge on any atom is 0.306 e. The number of hydrogen-bond donors (Lipinski definition) is 0. The van der Waals surface area contributed by atoms with E-state index < -0.39 is 8.32 Å². The minimum Gasteiger partial charge on any atom is -0.463 e. The van der Waals surface area contributed by atoms with E-state index in [2.05, 4.69) is 89.4 Å². The number of ketones is 1. The lowest BCUT2D eigenvalue weighted by Gasteiger charge is -2.39. The van der Waals surface area contributed by atoms with Crippen molar-refractivity contribution < 1.29 is 18.8 Å². The van der Waals surface area contributed by atoms with Crippen molar-refractivity contribution in [2.24, 2.45) is 11.8 Å². The summed E-state index contributed by atoms with van der Waals surface area (Å²) in [4.78, 5) is 24.8. The van der Waals surface area contributed by atoms with E-state index in [1.165, 1.54) is 5.56 Å². The molecule has 194 valence electrons. The van der Waals surface area contributed by atoms with Gasteiger partial charge >= 0.3 is 5.97 Å². The Labute approximate surface area is 214 Å². The summed E-state index contributed by atoms with van der Waals surface area (Å²) in [6.45, 7) is 17.1. The summed E-state index contributed by atoms with van der Waals surface area (Å²) in [5.41, 5.74) is 2.38. The Balaban J connectivity index is 2.09. The van der Waals surface area contributed by atoms with E-state index in [0.29, 0.717) is 19.3 Å². The first-order chi connectivity index (χ1) is 16.3. The van der Waals surface area contributed by atoms with Gasteiger partial charge in [-0.25, -0.2) is 0 Å². The van der Waals surface area contributed by atoms with Gasteiger partial charge in [-0.3, -0.25) is 9.59 Å². The highest BCUT2D eigenvalue weighted by atomic mass is 28.4. The Kier molecular flexibility index (Phi) is 10.7. The van der Waals surface area contributed by atoms with E-state index in [-0.39, 0.29) is 40.8 Å². The molecule has 0 saturated heterocycles. The van der Waals surface area contributed by atoms with Crippen LogP contribution in [0.2, 0.25) is 18.1 Å². The molecule has 3 atom stereocenters. The van der Waals surface area contributed by atoms with Gasteiger partial charge in [-0.1, -0.05) is 74.9 Å². The summed E-state index contributed by atoms with van der Waals surface area (Å²) in [6.07, 6.45) is 11.6. The molecular formula is C30H46O4Si. The maximum atomic E-state index is 13.1. The molecule has 0 aliphatic heterocycles. The Morgan fingerprint density at radius 2 is 1.80 bits per heavy atom. The zero-order valence-corrected chi connectivity index (χ0v) is 24.1. The zero-order valence-electron chi connectivity index (χ0n) is 23.1. The second-order valence-electron chi connectivity index (χ2n) is 11.7. The van der Waals surface area contributed by atoms with Gasteiger partial charge in [-0.2, -0.15) is 0 Å². The number of aryl methyl sites for hydroxylation is 1. The molecule has 1 aliphatic rings. The molecule has 0 amide bonds. The van der Waals surface area contributed by atoms with Gasteiger partial charge in [0.1, 0.15) is 5.78 Å². The number of rotatable bonds is 11. The summed E-state index contributed by atoms with van der Waals surface area (Å²) >= 11 is 0. The van der Waals surface area contributed by atoms with Crippen LogP contribution in [0.3, 0.4) is 0 Å². The summed E-state index contributed by atoms with van der Waals surface area (Å²) in [5, 5.41) is 0.0932. The molecule has 0 spiro atoms. The summed E-state index contributed by atoms with van der Waals surface area (Å²) in [5.74, 6) is 0.126. The van der Waals surface area contributed by atoms with Gasteiger partial charge < -0.3 is 9.16 Å². The lowest BCUT2D eigenvalue weighted by molar-refractivity contribution is -0.147. The monoisotopic (exact) mass is 498 g/mol. The molecule has 2 rings (SSSR count). The van der Waals surface area contributed by atoms with Crippen LogP contribution in [0.5, 0.6) is 0 Å². The molecule has 1 aliphatic carbocycles. The van der Waals surface area contributed by atoms with Crippen molar-refractivity contribution in [3.05, 3.63) is 53.6 Å². The van der Waals surface area contributed by atoms with Crippen LogP contribution in [0.1, 0.15) is 77.8 Å². The fraction of sp³-hybridized carbons (Fsp3) is 0.600. The van der Waals surface area contributed by atoms with E-state index in [9.17, 15) is 9.59 Å². The first-order valence-corrected chi connectivity index (χ1v) is 16.0. The van der Waals surface area contributed by atoms with Gasteiger partial charge in [0, 0.05) is 24.7 Å². The summed E-state index contributed by atoms with van der Waals surface area (Å²) in [6, 6.07) is 8.46. The van der Waals surface area contributed by atoms with Crippen molar-refractivity contribution in [1.29, 1.82) is 0 Å². The average Bonchev–Trinajstić information content (AvgIpc) is 3.02. The zero-order chi connectivity index (χ0) is 26.2. The molecule has 5 heteroatoms. The number of benzene rings is 1. The normalized spacial score (nSPS) is 21.5. The Morgan fingerprint density at radius 3 is 2.40 bits per heavy atom. The minimum absolute atomic E-state index is 0.0589. The highest BCUT2D eigenvalue weighted by Gasteiger charge is 2.46. The maximum absolute atomic E-state index is 13.1. The number of hydrogen-bond acceptors (Lipinski definition) is 4. The summed E-state index contributed by atoms with van der Waals surface area (Å²) in [7, 11) is -2.01. The standard InChI is InChI=1S/C30H46O4Si/c1-22(2)33-29(32)14-12-10-9-11-13-25-26(20-19-24-17-15-23(3)16-18-24)28(21-27(25)31)34-35(7,8)30(4,5)6/h9,11,15-20,22,25-26,28H,10,12-14,21H2,1-8H3/b11-9-,20-19?/t25?,26-,28-/m1/s1. The van der Waals surface area contributed by atoms with Gasteiger partial charge in [0.05, 0.1) is 12.2 Å². The van der Waals surface area contributed by atoms with Crippen molar-refractivity contribution in [3.63, 3.8) is 0 Å². The van der Waals surface area contributed by atoms with E-state index in [1.54, 1.807) is 0 Å². The average molecular weight is 499 g/mol. The van der Waals surface area contributed by atoms with E-state index in [4.69, 9.17) is 9.16 Å². The van der Waals surface area contributed by atoms with Gasteiger partial charge in [-0.05, 0) is 63.7 Å². The molecular weight excluding hydrogens is 452 g/mol. The number of carbonyl (C=O) groups is 2. The van der Waals surface area contributed by atoms with Crippen LogP contribution < -0.4 is 0 Å². The van der Waals surface area contributed by atoms with Gasteiger partial charge in [0.25, 0.3) is 0 Å². The van der Waals surface area contributed by atoms with E-state index >= 15 is 0 Å². The molecule has 0 heterocycles.